The molecule has 1 fully saturated rings. The fraction of sp³-hybridized carbons (Fsp3) is 0.500. The molecule has 0 spiro atoms. The summed E-state index contributed by atoms with van der Waals surface area (Å²) in [6.07, 6.45) is 2.24. The number of rotatable bonds is 5. The van der Waals surface area contributed by atoms with Crippen LogP contribution in [-0.2, 0) is 6.54 Å². The number of benzene rings is 1. The molecule has 0 saturated carbocycles. The zero-order chi connectivity index (χ0) is 18.4. The average Bonchev–Trinajstić information content (AvgIpc) is 2.99. The quantitative estimate of drug-likeness (QED) is 0.624. The zero-order valence-electron chi connectivity index (χ0n) is 16.0. The van der Waals surface area contributed by atoms with Crippen LogP contribution in [0.3, 0.4) is 0 Å². The number of guanidine groups is 1. The van der Waals surface area contributed by atoms with E-state index in [9.17, 15) is 0 Å². The lowest BCUT2D eigenvalue weighted by Crippen LogP contribution is -2.48. The predicted octanol–water partition coefficient (Wildman–Crippen LogP) is 3.48. The summed E-state index contributed by atoms with van der Waals surface area (Å²) < 4.78 is 0. The highest BCUT2D eigenvalue weighted by atomic mass is 32.1. The number of piperidine rings is 1. The van der Waals surface area contributed by atoms with Crippen molar-refractivity contribution in [3.05, 3.63) is 45.9 Å². The van der Waals surface area contributed by atoms with Gasteiger partial charge in [-0.2, -0.15) is 0 Å². The van der Waals surface area contributed by atoms with Gasteiger partial charge in [-0.3, -0.25) is 0 Å². The van der Waals surface area contributed by atoms with E-state index in [2.05, 4.69) is 71.6 Å². The van der Waals surface area contributed by atoms with Crippen LogP contribution in [-0.4, -0.2) is 36.6 Å². The number of thiazole rings is 1. The van der Waals surface area contributed by atoms with Crippen LogP contribution < -0.4 is 15.5 Å². The second-order valence-corrected chi connectivity index (χ2v) is 7.97. The molecule has 26 heavy (non-hydrogen) atoms. The number of para-hydroxylation sites is 1. The van der Waals surface area contributed by atoms with E-state index in [1.165, 1.54) is 10.6 Å². The minimum absolute atomic E-state index is 0.465. The number of aryl methyl sites for hydroxylation is 2. The number of hydrogen-bond donors (Lipinski definition) is 2. The van der Waals surface area contributed by atoms with Crippen LogP contribution in [0.4, 0.5) is 5.69 Å². The lowest BCUT2D eigenvalue weighted by Gasteiger charge is -2.34. The normalized spacial score (nSPS) is 16.0. The van der Waals surface area contributed by atoms with Gasteiger partial charge in [0.15, 0.2) is 5.96 Å². The SMILES string of the molecule is CCNC(=NCc1nc(C)c(C)s1)NC1CCN(c2ccccc2)CC1. The summed E-state index contributed by atoms with van der Waals surface area (Å²) in [6, 6.07) is 11.1. The number of hydrogen-bond acceptors (Lipinski definition) is 4. The van der Waals surface area contributed by atoms with Crippen molar-refractivity contribution in [3.8, 4) is 0 Å². The van der Waals surface area contributed by atoms with Gasteiger partial charge in [-0.05, 0) is 45.7 Å². The Kier molecular flexibility index (Phi) is 6.50. The highest BCUT2D eigenvalue weighted by Crippen LogP contribution is 2.20. The van der Waals surface area contributed by atoms with Gasteiger partial charge in [0.25, 0.3) is 0 Å². The topological polar surface area (TPSA) is 52.6 Å². The minimum Gasteiger partial charge on any atom is -0.371 e. The first-order valence-electron chi connectivity index (χ1n) is 9.43. The fourth-order valence-electron chi connectivity index (χ4n) is 3.19. The molecule has 2 N–H and O–H groups in total. The number of aliphatic imine (C=N–C) groups is 1. The maximum Gasteiger partial charge on any atom is 0.191 e. The Morgan fingerprint density at radius 3 is 2.58 bits per heavy atom. The number of aromatic nitrogens is 1. The van der Waals surface area contributed by atoms with Gasteiger partial charge in [-0.1, -0.05) is 18.2 Å². The molecule has 140 valence electrons. The van der Waals surface area contributed by atoms with Gasteiger partial charge in [0.2, 0.25) is 0 Å². The van der Waals surface area contributed by atoms with Gasteiger partial charge in [-0.15, -0.1) is 11.3 Å². The summed E-state index contributed by atoms with van der Waals surface area (Å²) in [5.41, 5.74) is 2.44. The molecule has 1 aliphatic rings. The molecule has 1 aromatic carbocycles. The molecule has 0 unspecified atom stereocenters. The molecule has 5 nitrogen and oxygen atoms in total. The van der Waals surface area contributed by atoms with Crippen LogP contribution in [0.25, 0.3) is 0 Å². The summed E-state index contributed by atoms with van der Waals surface area (Å²) in [4.78, 5) is 13.1. The van der Waals surface area contributed by atoms with Crippen molar-refractivity contribution in [2.24, 2.45) is 4.99 Å². The molecule has 3 rings (SSSR count). The van der Waals surface area contributed by atoms with Crippen LogP contribution in [0, 0.1) is 13.8 Å². The summed E-state index contributed by atoms with van der Waals surface area (Å²) in [7, 11) is 0. The van der Waals surface area contributed by atoms with E-state index in [1.807, 2.05) is 0 Å². The van der Waals surface area contributed by atoms with Gasteiger partial charge in [0.1, 0.15) is 5.01 Å². The lowest BCUT2D eigenvalue weighted by atomic mass is 10.0. The minimum atomic E-state index is 0.465. The van der Waals surface area contributed by atoms with E-state index < -0.39 is 0 Å². The monoisotopic (exact) mass is 371 g/mol. The summed E-state index contributed by atoms with van der Waals surface area (Å²) in [5.74, 6) is 0.899. The lowest BCUT2D eigenvalue weighted by molar-refractivity contribution is 0.461. The van der Waals surface area contributed by atoms with E-state index in [0.717, 1.165) is 49.1 Å². The fourth-order valence-corrected chi connectivity index (χ4v) is 4.05. The number of nitrogens with one attached hydrogen (secondary N) is 2. The Balaban J connectivity index is 1.54. The molecule has 1 aliphatic heterocycles. The number of anilines is 1. The molecule has 0 amide bonds. The molecule has 6 heteroatoms. The maximum atomic E-state index is 4.74. The van der Waals surface area contributed by atoms with Crippen molar-refractivity contribution in [1.29, 1.82) is 0 Å². The third-order valence-corrected chi connectivity index (χ3v) is 5.80. The standard InChI is InChI=1S/C20H29N5S/c1-4-21-20(22-14-19-23-15(2)16(3)26-19)24-17-10-12-25(13-11-17)18-8-6-5-7-9-18/h5-9,17H,4,10-14H2,1-3H3,(H2,21,22,24). The molecule has 0 radical (unpaired) electrons. The highest BCUT2D eigenvalue weighted by molar-refractivity contribution is 7.11. The van der Waals surface area contributed by atoms with Crippen LogP contribution in [0.1, 0.15) is 35.3 Å². The Hall–Kier alpha value is -2.08. The summed E-state index contributed by atoms with van der Waals surface area (Å²) in [5, 5.41) is 8.06. The van der Waals surface area contributed by atoms with Crippen LogP contribution in [0.15, 0.2) is 35.3 Å². The molecular weight excluding hydrogens is 342 g/mol. The summed E-state index contributed by atoms with van der Waals surface area (Å²) in [6.45, 7) is 9.93. The van der Waals surface area contributed by atoms with Crippen molar-refractivity contribution >= 4 is 23.0 Å². The third-order valence-electron chi connectivity index (χ3n) is 4.75. The predicted molar refractivity (Wildman–Crippen MR) is 111 cm³/mol. The van der Waals surface area contributed by atoms with E-state index >= 15 is 0 Å². The van der Waals surface area contributed by atoms with Crippen molar-refractivity contribution in [2.75, 3.05) is 24.5 Å². The third kappa shape index (κ3) is 4.97. The van der Waals surface area contributed by atoms with Crippen LogP contribution in [0.5, 0.6) is 0 Å². The highest BCUT2D eigenvalue weighted by Gasteiger charge is 2.20. The smallest absolute Gasteiger partial charge is 0.191 e. The first-order valence-corrected chi connectivity index (χ1v) is 10.2. The molecule has 2 aromatic rings. The molecule has 1 aromatic heterocycles. The van der Waals surface area contributed by atoms with E-state index in [1.54, 1.807) is 11.3 Å². The number of nitrogens with zero attached hydrogens (tertiary/aromatic N) is 3. The molecular formula is C20H29N5S. The van der Waals surface area contributed by atoms with E-state index in [0.29, 0.717) is 12.6 Å². The van der Waals surface area contributed by atoms with E-state index in [4.69, 9.17) is 4.99 Å². The maximum absolute atomic E-state index is 4.74. The van der Waals surface area contributed by atoms with Gasteiger partial charge in [-0.25, -0.2) is 9.98 Å². The first-order chi connectivity index (χ1) is 12.7. The van der Waals surface area contributed by atoms with Gasteiger partial charge >= 0.3 is 0 Å². The van der Waals surface area contributed by atoms with Crippen molar-refractivity contribution in [3.63, 3.8) is 0 Å². The molecule has 0 atom stereocenters. The molecule has 0 aliphatic carbocycles. The Morgan fingerprint density at radius 1 is 1.23 bits per heavy atom. The second kappa shape index (κ2) is 9.03. The van der Waals surface area contributed by atoms with Crippen molar-refractivity contribution in [2.45, 2.75) is 46.2 Å². The Labute approximate surface area is 160 Å². The Bertz CT molecular complexity index is 698. The van der Waals surface area contributed by atoms with Crippen LogP contribution in [0.2, 0.25) is 0 Å². The van der Waals surface area contributed by atoms with Gasteiger partial charge in [0, 0.05) is 36.2 Å². The first kappa shape index (κ1) is 18.7. The van der Waals surface area contributed by atoms with Crippen molar-refractivity contribution in [1.82, 2.24) is 15.6 Å². The molecule has 2 heterocycles. The second-order valence-electron chi connectivity index (χ2n) is 6.69. The van der Waals surface area contributed by atoms with Gasteiger partial charge in [0.05, 0.1) is 12.2 Å². The average molecular weight is 372 g/mol. The largest absolute Gasteiger partial charge is 0.371 e. The zero-order valence-corrected chi connectivity index (χ0v) is 16.8. The molecule has 1 saturated heterocycles. The van der Waals surface area contributed by atoms with Gasteiger partial charge < -0.3 is 15.5 Å². The molecule has 0 bridgehead atoms. The van der Waals surface area contributed by atoms with E-state index in [-0.39, 0.29) is 0 Å². The van der Waals surface area contributed by atoms with Crippen molar-refractivity contribution < 1.29 is 0 Å². The Morgan fingerprint density at radius 2 is 1.96 bits per heavy atom. The summed E-state index contributed by atoms with van der Waals surface area (Å²) >= 11 is 1.74. The van der Waals surface area contributed by atoms with Crippen LogP contribution >= 0.6 is 11.3 Å².